The first kappa shape index (κ1) is 39.2. The third-order valence-corrected chi connectivity index (χ3v) is 10.1. The second kappa shape index (κ2) is 17.2. The Balaban J connectivity index is 0.000000790. The number of hydrogen-bond donors (Lipinski definition) is 4. The van der Waals surface area contributed by atoms with Gasteiger partial charge >= 0.3 is 18.4 Å². The van der Waals surface area contributed by atoms with E-state index in [1.165, 1.54) is 4.90 Å². The molecular weight excluding hydrogens is 692 g/mol. The molecule has 0 unspecified atom stereocenters. The number of hydrogen-bond acceptors (Lipinski definition) is 6. The summed E-state index contributed by atoms with van der Waals surface area (Å²) in [5, 5.41) is 9.39. The van der Waals surface area contributed by atoms with E-state index in [1.54, 1.807) is 9.80 Å². The fourth-order valence-electron chi connectivity index (χ4n) is 7.31. The highest BCUT2D eigenvalue weighted by Gasteiger charge is 2.41. The molecule has 2 aromatic rings. The summed E-state index contributed by atoms with van der Waals surface area (Å²) in [5.41, 5.74) is 2.04. The van der Waals surface area contributed by atoms with Crippen molar-refractivity contribution in [2.24, 2.45) is 5.92 Å². The number of carbonyl (C=O) groups is 3. The third-order valence-electron chi connectivity index (χ3n) is 10.1. The number of alkyl halides is 6. The molecule has 16 heteroatoms. The molecule has 0 radical (unpaired) electrons. The molecular formula is C36H47F6N7O3. The molecule has 0 aromatic heterocycles. The van der Waals surface area contributed by atoms with E-state index in [0.717, 1.165) is 43.9 Å². The van der Waals surface area contributed by atoms with Gasteiger partial charge in [0.05, 0.1) is 22.7 Å². The highest BCUT2D eigenvalue weighted by atomic mass is 19.4. The number of halogens is 6. The van der Waals surface area contributed by atoms with Gasteiger partial charge in [0.15, 0.2) is 0 Å². The van der Waals surface area contributed by atoms with Gasteiger partial charge in [0.1, 0.15) is 0 Å². The van der Waals surface area contributed by atoms with Gasteiger partial charge in [-0.1, -0.05) is 18.2 Å². The summed E-state index contributed by atoms with van der Waals surface area (Å²) in [7, 11) is 0. The second-order valence-electron chi connectivity index (χ2n) is 13.7. The zero-order chi connectivity index (χ0) is 37.5. The second-order valence-corrected chi connectivity index (χ2v) is 13.7. The maximum absolute atomic E-state index is 13.7. The Morgan fingerprint density at radius 1 is 0.808 bits per heavy atom. The third kappa shape index (κ3) is 10.1. The molecule has 0 spiro atoms. The largest absolute Gasteiger partial charge is 0.418 e. The lowest BCUT2D eigenvalue weighted by Gasteiger charge is -2.38. The Morgan fingerprint density at radius 3 is 1.94 bits per heavy atom. The molecule has 4 heterocycles. The van der Waals surface area contributed by atoms with Gasteiger partial charge in [-0.05, 0) is 74.3 Å². The van der Waals surface area contributed by atoms with Gasteiger partial charge in [-0.25, -0.2) is 4.79 Å². The molecule has 2 aromatic carbocycles. The van der Waals surface area contributed by atoms with Gasteiger partial charge in [0, 0.05) is 77.1 Å². The number of likely N-dealkylation sites (tertiary alicyclic amines) is 2. The van der Waals surface area contributed by atoms with Crippen LogP contribution < -0.4 is 21.7 Å². The van der Waals surface area contributed by atoms with Crippen LogP contribution in [0.4, 0.5) is 42.5 Å². The van der Waals surface area contributed by atoms with E-state index >= 15 is 0 Å². The summed E-state index contributed by atoms with van der Waals surface area (Å²) in [6, 6.07) is 8.30. The monoisotopic (exact) mass is 739 g/mol. The summed E-state index contributed by atoms with van der Waals surface area (Å²) in [6.45, 7) is 6.46. The van der Waals surface area contributed by atoms with Crippen molar-refractivity contribution in [2.75, 3.05) is 70.0 Å². The molecule has 286 valence electrons. The van der Waals surface area contributed by atoms with E-state index in [2.05, 4.69) is 16.0 Å². The quantitative estimate of drug-likeness (QED) is 0.241. The molecule has 3 saturated heterocycles. The first-order valence-corrected chi connectivity index (χ1v) is 17.9. The highest BCUT2D eigenvalue weighted by molar-refractivity contribution is 5.91. The molecule has 4 aliphatic heterocycles. The molecule has 10 nitrogen and oxygen atoms in total. The normalized spacial score (nSPS) is 19.5. The number of nitrogen functional groups attached to an aromatic ring is 1. The van der Waals surface area contributed by atoms with Crippen molar-refractivity contribution < 1.29 is 40.7 Å². The van der Waals surface area contributed by atoms with Crippen LogP contribution in [0.15, 0.2) is 36.4 Å². The van der Waals surface area contributed by atoms with Gasteiger partial charge in [-0.15, -0.1) is 0 Å². The minimum absolute atomic E-state index is 0.125. The molecule has 0 bridgehead atoms. The van der Waals surface area contributed by atoms with Crippen LogP contribution in [0, 0.1) is 5.92 Å². The van der Waals surface area contributed by atoms with Crippen molar-refractivity contribution >= 4 is 29.2 Å². The standard InChI is InChI=1S/C32H37F6N5O3.C4H10N2/c33-31(34,35)24-17-20(18-25(28(24)39)32(36,37)38)16-22(29(45)42-11-4-1-5-12-42)19-27(44)41-13-9-23(10-14-41)43-15-8-21-6-2-3-7-26(21)40-30(43)46;1-2-6-4-3-5-1/h2-3,6-7,17-18,22-23H,1,4-5,8-16,19,39H2,(H,40,46);5-6H,1-4H2/t22-;/m0./s1. The Kier molecular flexibility index (Phi) is 12.9. The molecule has 52 heavy (non-hydrogen) atoms. The predicted molar refractivity (Wildman–Crippen MR) is 184 cm³/mol. The number of piperazine rings is 1. The SMILES string of the molecule is C1CNCCN1.Nc1c(C(F)(F)F)cc(C[C@@H](CC(=O)N2CCC(N3CCc4ccccc4NC3=O)CC2)C(=O)N2CCCCC2)cc1C(F)(F)F. The van der Waals surface area contributed by atoms with Crippen molar-refractivity contribution in [3.05, 3.63) is 58.7 Å². The Hall–Kier alpha value is -4.05. The zero-order valence-corrected chi connectivity index (χ0v) is 29.1. The lowest BCUT2D eigenvalue weighted by molar-refractivity contribution is -0.143. The first-order valence-electron chi connectivity index (χ1n) is 17.9. The van der Waals surface area contributed by atoms with E-state index in [1.807, 2.05) is 24.3 Å². The maximum atomic E-state index is 13.7. The summed E-state index contributed by atoms with van der Waals surface area (Å²) < 4.78 is 82.2. The van der Waals surface area contributed by atoms with Crippen LogP contribution in [0.2, 0.25) is 0 Å². The maximum Gasteiger partial charge on any atom is 0.418 e. The van der Waals surface area contributed by atoms with Gasteiger partial charge in [-0.2, -0.15) is 26.3 Å². The number of anilines is 2. The Morgan fingerprint density at radius 2 is 1.38 bits per heavy atom. The van der Waals surface area contributed by atoms with Crippen LogP contribution in [0.5, 0.6) is 0 Å². The number of nitrogens with zero attached hydrogens (tertiary/aromatic N) is 3. The van der Waals surface area contributed by atoms with Gasteiger partial charge in [0.25, 0.3) is 0 Å². The van der Waals surface area contributed by atoms with E-state index in [-0.39, 0.29) is 24.1 Å². The summed E-state index contributed by atoms with van der Waals surface area (Å²) >= 11 is 0. The van der Waals surface area contributed by atoms with Gasteiger partial charge in [-0.3, -0.25) is 9.59 Å². The molecule has 0 aliphatic carbocycles. The molecule has 0 saturated carbocycles. The summed E-state index contributed by atoms with van der Waals surface area (Å²) in [5.74, 6) is -2.05. The fraction of sp³-hybridized carbons (Fsp3) is 0.583. The average molecular weight is 740 g/mol. The molecule has 1 atom stereocenters. The van der Waals surface area contributed by atoms with Crippen molar-refractivity contribution in [2.45, 2.75) is 69.8 Å². The molecule has 4 amide bonds. The van der Waals surface area contributed by atoms with Gasteiger partial charge < -0.3 is 36.4 Å². The number of fused-ring (bicyclic) bond motifs is 1. The van der Waals surface area contributed by atoms with Crippen LogP contribution in [0.25, 0.3) is 0 Å². The van der Waals surface area contributed by atoms with Crippen molar-refractivity contribution in [1.29, 1.82) is 0 Å². The first-order chi connectivity index (χ1) is 24.7. The molecule has 5 N–H and O–H groups in total. The number of nitrogens with one attached hydrogen (secondary N) is 3. The minimum atomic E-state index is -5.15. The van der Waals surface area contributed by atoms with Crippen LogP contribution in [0.3, 0.4) is 0 Å². The number of nitrogens with two attached hydrogens (primary N) is 1. The minimum Gasteiger partial charge on any atom is -0.398 e. The highest BCUT2D eigenvalue weighted by Crippen LogP contribution is 2.42. The smallest absolute Gasteiger partial charge is 0.398 e. The summed E-state index contributed by atoms with van der Waals surface area (Å²) in [4.78, 5) is 45.0. The number of piperidine rings is 2. The van der Waals surface area contributed by atoms with Crippen LogP contribution >= 0.6 is 0 Å². The average Bonchev–Trinajstić information content (AvgIpc) is 3.30. The zero-order valence-electron chi connectivity index (χ0n) is 29.1. The van der Waals surface area contributed by atoms with E-state index < -0.39 is 53.3 Å². The number of carbonyl (C=O) groups excluding carboxylic acids is 3. The van der Waals surface area contributed by atoms with E-state index in [4.69, 9.17) is 5.73 Å². The van der Waals surface area contributed by atoms with Crippen LogP contribution in [0.1, 0.15) is 60.8 Å². The van der Waals surface area contributed by atoms with Crippen molar-refractivity contribution in [3.63, 3.8) is 0 Å². The number of amides is 4. The van der Waals surface area contributed by atoms with Crippen molar-refractivity contribution in [3.8, 4) is 0 Å². The number of urea groups is 1. The topological polar surface area (TPSA) is 123 Å². The predicted octanol–water partition coefficient (Wildman–Crippen LogP) is 5.13. The number of rotatable bonds is 6. The molecule has 3 fully saturated rings. The van der Waals surface area contributed by atoms with Crippen molar-refractivity contribution in [1.82, 2.24) is 25.3 Å². The lowest BCUT2D eigenvalue weighted by Crippen LogP contribution is -2.50. The Labute approximate surface area is 299 Å². The van der Waals surface area contributed by atoms with E-state index in [0.29, 0.717) is 77.0 Å². The van der Waals surface area contributed by atoms with E-state index in [9.17, 15) is 40.7 Å². The van der Waals surface area contributed by atoms with Crippen LogP contribution in [-0.4, -0.2) is 97.5 Å². The number of para-hydroxylation sites is 1. The Bertz CT molecular complexity index is 1510. The lowest BCUT2D eigenvalue weighted by atomic mass is 9.90. The van der Waals surface area contributed by atoms with Gasteiger partial charge in [0.2, 0.25) is 11.8 Å². The molecule has 6 rings (SSSR count). The summed E-state index contributed by atoms with van der Waals surface area (Å²) in [6.07, 6.45) is -7.19. The fourth-order valence-corrected chi connectivity index (χ4v) is 7.31. The number of benzene rings is 2. The van der Waals surface area contributed by atoms with Crippen LogP contribution in [-0.2, 0) is 34.8 Å². The molecule has 4 aliphatic rings.